The maximum atomic E-state index is 12.9. The predicted octanol–water partition coefficient (Wildman–Crippen LogP) is 3.79. The molecule has 2 fully saturated rings. The second-order valence-electron chi connectivity index (χ2n) is 8.54. The number of anilines is 2. The average Bonchev–Trinajstić information content (AvgIpc) is 2.86. The number of carbonyl (C=O) groups is 1. The minimum Gasteiger partial charge on any atom is -0.490 e. The summed E-state index contributed by atoms with van der Waals surface area (Å²) in [4.78, 5) is 17.4. The normalized spacial score (nSPS) is 18.5. The van der Waals surface area contributed by atoms with Gasteiger partial charge < -0.3 is 24.4 Å². The van der Waals surface area contributed by atoms with Crippen molar-refractivity contribution >= 4 is 17.3 Å². The molecule has 0 saturated carbocycles. The van der Waals surface area contributed by atoms with Crippen LogP contribution in [0.2, 0.25) is 0 Å². The van der Waals surface area contributed by atoms with Gasteiger partial charge in [-0.05, 0) is 63.1 Å². The molecule has 2 heterocycles. The third-order valence-electron chi connectivity index (χ3n) is 6.36. The lowest BCUT2D eigenvalue weighted by atomic mass is 10.1. The number of para-hydroxylation sites is 2. The number of likely N-dealkylation sites (tertiary alicyclic amines) is 1. The van der Waals surface area contributed by atoms with Crippen LogP contribution in [0.4, 0.5) is 11.4 Å². The molecule has 2 aromatic rings. The molecule has 0 bridgehead atoms. The van der Waals surface area contributed by atoms with Crippen LogP contribution >= 0.6 is 0 Å². The number of rotatable bonds is 8. The minimum atomic E-state index is -0.194. The van der Waals surface area contributed by atoms with Crippen molar-refractivity contribution in [1.29, 1.82) is 0 Å². The smallest absolute Gasteiger partial charge is 0.241 e. The van der Waals surface area contributed by atoms with Crippen LogP contribution in [0.15, 0.2) is 48.5 Å². The summed E-state index contributed by atoms with van der Waals surface area (Å²) in [5.74, 6) is 1.61. The van der Waals surface area contributed by atoms with E-state index < -0.39 is 0 Å². The molecule has 33 heavy (non-hydrogen) atoms. The molecule has 1 amide bonds. The maximum Gasteiger partial charge on any atom is 0.241 e. The highest BCUT2D eigenvalue weighted by Gasteiger charge is 2.28. The zero-order chi connectivity index (χ0) is 23.0. The van der Waals surface area contributed by atoms with E-state index in [0.29, 0.717) is 6.61 Å². The van der Waals surface area contributed by atoms with Crippen molar-refractivity contribution in [3.05, 3.63) is 48.5 Å². The van der Waals surface area contributed by atoms with E-state index in [4.69, 9.17) is 14.2 Å². The van der Waals surface area contributed by atoms with Crippen molar-refractivity contribution < 1.29 is 19.0 Å². The van der Waals surface area contributed by atoms with Gasteiger partial charge in [0, 0.05) is 37.6 Å². The van der Waals surface area contributed by atoms with Gasteiger partial charge in [0.25, 0.3) is 0 Å². The summed E-state index contributed by atoms with van der Waals surface area (Å²) < 4.78 is 17.3. The van der Waals surface area contributed by atoms with E-state index in [1.54, 1.807) is 0 Å². The molecule has 2 aliphatic rings. The van der Waals surface area contributed by atoms with Crippen LogP contribution in [-0.2, 0) is 9.53 Å². The number of benzene rings is 2. The van der Waals surface area contributed by atoms with E-state index in [1.807, 2.05) is 50.2 Å². The number of hydrogen-bond donors (Lipinski definition) is 1. The number of hydrogen-bond acceptors (Lipinski definition) is 6. The lowest BCUT2D eigenvalue weighted by Gasteiger charge is -2.35. The van der Waals surface area contributed by atoms with E-state index in [0.717, 1.165) is 75.1 Å². The first-order valence-electron chi connectivity index (χ1n) is 12.0. The molecule has 0 aromatic heterocycles. The topological polar surface area (TPSA) is 63.3 Å². The first-order chi connectivity index (χ1) is 16.1. The van der Waals surface area contributed by atoms with Crippen LogP contribution in [0.3, 0.4) is 0 Å². The van der Waals surface area contributed by atoms with Gasteiger partial charge in [0.2, 0.25) is 5.91 Å². The lowest BCUT2D eigenvalue weighted by Crippen LogP contribution is -2.47. The number of ether oxygens (including phenoxy) is 3. The molecule has 0 radical (unpaired) electrons. The summed E-state index contributed by atoms with van der Waals surface area (Å²) in [6.07, 6.45) is 1.89. The quantitative estimate of drug-likeness (QED) is 0.656. The van der Waals surface area contributed by atoms with Crippen molar-refractivity contribution in [1.82, 2.24) is 4.90 Å². The highest BCUT2D eigenvalue weighted by molar-refractivity contribution is 5.94. The van der Waals surface area contributed by atoms with Gasteiger partial charge >= 0.3 is 0 Å². The number of carbonyl (C=O) groups excluding carboxylic acids is 1. The molecule has 2 aliphatic heterocycles. The lowest BCUT2D eigenvalue weighted by molar-refractivity contribution is -0.121. The predicted molar refractivity (Wildman–Crippen MR) is 130 cm³/mol. The summed E-state index contributed by atoms with van der Waals surface area (Å²) >= 11 is 0. The van der Waals surface area contributed by atoms with Gasteiger partial charge in [0.1, 0.15) is 6.10 Å². The zero-order valence-electron chi connectivity index (χ0n) is 19.7. The van der Waals surface area contributed by atoms with Crippen LogP contribution in [0.25, 0.3) is 0 Å². The monoisotopic (exact) mass is 453 g/mol. The van der Waals surface area contributed by atoms with Crippen molar-refractivity contribution in [3.63, 3.8) is 0 Å². The second-order valence-corrected chi connectivity index (χ2v) is 8.54. The molecule has 2 aromatic carbocycles. The van der Waals surface area contributed by atoms with Gasteiger partial charge in [-0.25, -0.2) is 0 Å². The van der Waals surface area contributed by atoms with Crippen LogP contribution < -0.4 is 19.7 Å². The Bertz CT molecular complexity index is 891. The SMILES string of the molecule is CCOc1ccccc1OC1CCN(C(C)C(=O)Nc2ccc(N3CCOCC3)cc2)CC1. The summed E-state index contributed by atoms with van der Waals surface area (Å²) in [7, 11) is 0. The third-order valence-corrected chi connectivity index (χ3v) is 6.36. The Morgan fingerprint density at radius 1 is 1.03 bits per heavy atom. The minimum absolute atomic E-state index is 0.0233. The average molecular weight is 454 g/mol. The number of amides is 1. The number of morpholine rings is 1. The van der Waals surface area contributed by atoms with Crippen molar-refractivity contribution in [2.75, 3.05) is 56.2 Å². The Hall–Kier alpha value is -2.77. The largest absolute Gasteiger partial charge is 0.490 e. The van der Waals surface area contributed by atoms with Crippen LogP contribution in [0, 0.1) is 0 Å². The highest BCUT2D eigenvalue weighted by atomic mass is 16.5. The van der Waals surface area contributed by atoms with Gasteiger partial charge in [-0.2, -0.15) is 0 Å². The second kappa shape index (κ2) is 11.4. The summed E-state index contributed by atoms with van der Waals surface area (Å²) in [6.45, 7) is 9.54. The van der Waals surface area contributed by atoms with E-state index in [-0.39, 0.29) is 18.1 Å². The number of nitrogens with zero attached hydrogens (tertiary/aromatic N) is 2. The summed E-state index contributed by atoms with van der Waals surface area (Å²) in [5.41, 5.74) is 1.99. The van der Waals surface area contributed by atoms with Crippen LogP contribution in [0.5, 0.6) is 11.5 Å². The van der Waals surface area contributed by atoms with Crippen LogP contribution in [0.1, 0.15) is 26.7 Å². The first-order valence-corrected chi connectivity index (χ1v) is 12.0. The first kappa shape index (κ1) is 23.4. The Kier molecular flexibility index (Phi) is 8.07. The molecule has 1 atom stereocenters. The fraction of sp³-hybridized carbons (Fsp3) is 0.500. The van der Waals surface area contributed by atoms with E-state index >= 15 is 0 Å². The molecule has 0 spiro atoms. The molecule has 0 aliphatic carbocycles. The van der Waals surface area contributed by atoms with Gasteiger partial charge in [-0.1, -0.05) is 12.1 Å². The molecule has 178 valence electrons. The number of piperidine rings is 1. The van der Waals surface area contributed by atoms with E-state index in [1.165, 1.54) is 0 Å². The molecule has 7 nitrogen and oxygen atoms in total. The van der Waals surface area contributed by atoms with E-state index in [2.05, 4.69) is 27.2 Å². The maximum absolute atomic E-state index is 12.9. The molecule has 1 unspecified atom stereocenters. The third kappa shape index (κ3) is 6.18. The van der Waals surface area contributed by atoms with Crippen molar-refractivity contribution in [3.8, 4) is 11.5 Å². The van der Waals surface area contributed by atoms with Gasteiger partial charge in [-0.3, -0.25) is 9.69 Å². The fourth-order valence-electron chi connectivity index (χ4n) is 4.37. The van der Waals surface area contributed by atoms with Crippen molar-refractivity contribution in [2.45, 2.75) is 38.8 Å². The molecule has 1 N–H and O–H groups in total. The highest BCUT2D eigenvalue weighted by Crippen LogP contribution is 2.29. The molecule has 4 rings (SSSR count). The number of nitrogens with one attached hydrogen (secondary N) is 1. The Morgan fingerprint density at radius 3 is 2.36 bits per heavy atom. The molecular formula is C26H35N3O4. The Balaban J connectivity index is 1.25. The molecule has 7 heteroatoms. The van der Waals surface area contributed by atoms with Gasteiger partial charge in [0.15, 0.2) is 11.5 Å². The zero-order valence-corrected chi connectivity index (χ0v) is 19.7. The molecule has 2 saturated heterocycles. The fourth-order valence-corrected chi connectivity index (χ4v) is 4.37. The summed E-state index contributed by atoms with van der Waals surface area (Å²) in [6, 6.07) is 15.7. The van der Waals surface area contributed by atoms with Gasteiger partial charge in [-0.15, -0.1) is 0 Å². The van der Waals surface area contributed by atoms with Crippen molar-refractivity contribution in [2.24, 2.45) is 0 Å². The van der Waals surface area contributed by atoms with Gasteiger partial charge in [0.05, 0.1) is 25.9 Å². The Labute approximate surface area is 196 Å². The summed E-state index contributed by atoms with van der Waals surface area (Å²) in [5, 5.41) is 3.07. The van der Waals surface area contributed by atoms with Crippen LogP contribution in [-0.4, -0.2) is 69.0 Å². The standard InChI is InChI=1S/C26H35N3O4/c1-3-32-24-6-4-5-7-25(24)33-23-12-14-28(15-13-23)20(2)26(30)27-21-8-10-22(11-9-21)29-16-18-31-19-17-29/h4-11,20,23H,3,12-19H2,1-2H3,(H,27,30). The van der Waals surface area contributed by atoms with E-state index in [9.17, 15) is 4.79 Å². The Morgan fingerprint density at radius 2 is 1.70 bits per heavy atom. The molecular weight excluding hydrogens is 418 g/mol.